The maximum absolute atomic E-state index is 11.9. The van der Waals surface area contributed by atoms with E-state index in [0.717, 1.165) is 11.1 Å². The van der Waals surface area contributed by atoms with Gasteiger partial charge in [0.1, 0.15) is 0 Å². The van der Waals surface area contributed by atoms with E-state index in [1.54, 1.807) is 0 Å². The number of rotatable bonds is 3. The summed E-state index contributed by atoms with van der Waals surface area (Å²) in [5.41, 5.74) is 7.71. The lowest BCUT2D eigenvalue weighted by atomic mass is 10.1. The van der Waals surface area contributed by atoms with Gasteiger partial charge in [0.15, 0.2) is 0 Å². The Labute approximate surface area is 147 Å². The lowest BCUT2D eigenvalue weighted by molar-refractivity contribution is 0.0526. The van der Waals surface area contributed by atoms with Crippen molar-refractivity contribution in [1.29, 1.82) is 0 Å². The molecule has 0 radical (unpaired) electrons. The number of fused-ring (bicyclic) bond motifs is 2. The van der Waals surface area contributed by atoms with E-state index in [4.69, 9.17) is 4.74 Å². The lowest BCUT2D eigenvalue weighted by Crippen LogP contribution is -2.02. The van der Waals surface area contributed by atoms with Crippen LogP contribution >= 0.6 is 0 Å². The van der Waals surface area contributed by atoms with Crippen LogP contribution in [0.15, 0.2) is 78.9 Å². The highest BCUT2D eigenvalue weighted by Gasteiger charge is 2.14. The van der Waals surface area contributed by atoms with E-state index < -0.39 is 0 Å². The van der Waals surface area contributed by atoms with Crippen LogP contribution in [0, 0.1) is 0 Å². The molecule has 122 valence electrons. The zero-order valence-electron chi connectivity index (χ0n) is 14.0. The van der Waals surface area contributed by atoms with Gasteiger partial charge in [0.25, 0.3) is 0 Å². The minimum Gasteiger partial charge on any atom is -0.462 e. The number of esters is 1. The molecule has 2 heteroatoms. The van der Waals surface area contributed by atoms with Crippen LogP contribution in [0.25, 0.3) is 33.4 Å². The van der Waals surface area contributed by atoms with E-state index in [-0.39, 0.29) is 5.97 Å². The zero-order valence-corrected chi connectivity index (χ0v) is 14.0. The first kappa shape index (κ1) is 15.4. The van der Waals surface area contributed by atoms with Gasteiger partial charge in [-0.25, -0.2) is 4.79 Å². The second-order valence-corrected chi connectivity index (χ2v) is 6.02. The SMILES string of the molecule is CCOC(=O)c1ccc2cc(-c3ccc4cccccc3-4)cc-2cc1. The summed E-state index contributed by atoms with van der Waals surface area (Å²) in [6.45, 7) is 2.20. The molecule has 4 aliphatic rings. The van der Waals surface area contributed by atoms with E-state index in [1.807, 2.05) is 37.3 Å². The average molecular weight is 326 g/mol. The van der Waals surface area contributed by atoms with Crippen LogP contribution in [-0.4, -0.2) is 12.6 Å². The molecule has 0 saturated heterocycles. The third-order valence-corrected chi connectivity index (χ3v) is 4.45. The third-order valence-electron chi connectivity index (χ3n) is 4.45. The molecule has 4 aliphatic carbocycles. The molecule has 0 bridgehead atoms. The summed E-state index contributed by atoms with van der Waals surface area (Å²) < 4.78 is 5.07. The van der Waals surface area contributed by atoms with Crippen LogP contribution in [0.4, 0.5) is 0 Å². The monoisotopic (exact) mass is 326 g/mol. The van der Waals surface area contributed by atoms with E-state index >= 15 is 0 Å². The fourth-order valence-corrected chi connectivity index (χ4v) is 3.22. The summed E-state index contributed by atoms with van der Waals surface area (Å²) in [7, 11) is 0. The number of hydrogen-bond donors (Lipinski definition) is 0. The van der Waals surface area contributed by atoms with Crippen LogP contribution in [0.5, 0.6) is 0 Å². The molecular weight excluding hydrogens is 308 g/mol. The maximum atomic E-state index is 11.9. The fourth-order valence-electron chi connectivity index (χ4n) is 3.22. The molecular formula is C23H18O2. The van der Waals surface area contributed by atoms with Gasteiger partial charge in [0.2, 0.25) is 0 Å². The van der Waals surface area contributed by atoms with Gasteiger partial charge in [0, 0.05) is 0 Å². The molecule has 0 aliphatic heterocycles. The number of carbonyl (C=O) groups excluding carboxylic acids is 1. The second kappa shape index (κ2) is 6.40. The van der Waals surface area contributed by atoms with Crippen molar-refractivity contribution >= 4 is 5.97 Å². The van der Waals surface area contributed by atoms with Crippen molar-refractivity contribution in [3.05, 3.63) is 84.4 Å². The van der Waals surface area contributed by atoms with Crippen molar-refractivity contribution in [1.82, 2.24) is 0 Å². The van der Waals surface area contributed by atoms with Crippen LogP contribution in [0.1, 0.15) is 17.3 Å². The molecule has 0 aromatic rings. The summed E-state index contributed by atoms with van der Waals surface area (Å²) in [6, 6.07) is 26.7. The molecule has 2 nitrogen and oxygen atoms in total. The summed E-state index contributed by atoms with van der Waals surface area (Å²) in [6.07, 6.45) is 0. The quantitative estimate of drug-likeness (QED) is 0.449. The van der Waals surface area contributed by atoms with Gasteiger partial charge in [0.05, 0.1) is 12.2 Å². The Morgan fingerprint density at radius 3 is 2.08 bits per heavy atom. The molecule has 0 heterocycles. The predicted octanol–water partition coefficient (Wildman–Crippen LogP) is 5.74. The molecule has 0 amide bonds. The standard InChI is InChI=1S/C23H18O2/c1-2-25-23(24)17-8-10-18-14-20(15-19(18)11-9-17)22-13-12-16-6-4-3-5-7-21(16)22/h3-15H,2H2,1H3. The van der Waals surface area contributed by atoms with Crippen LogP contribution < -0.4 is 0 Å². The predicted molar refractivity (Wildman–Crippen MR) is 101 cm³/mol. The number of carbonyl (C=O) groups is 1. The minimum absolute atomic E-state index is 0.282. The number of hydrogen-bond acceptors (Lipinski definition) is 2. The molecule has 4 rings (SSSR count). The summed E-state index contributed by atoms with van der Waals surface area (Å²) >= 11 is 0. The highest BCUT2D eigenvalue weighted by molar-refractivity contribution is 5.92. The average Bonchev–Trinajstić information content (AvgIpc) is 3.04. The van der Waals surface area contributed by atoms with Crippen LogP contribution in [0.3, 0.4) is 0 Å². The smallest absolute Gasteiger partial charge is 0.338 e. The maximum Gasteiger partial charge on any atom is 0.338 e. The van der Waals surface area contributed by atoms with Gasteiger partial charge < -0.3 is 4.74 Å². The molecule has 0 aromatic carbocycles. The van der Waals surface area contributed by atoms with Crippen molar-refractivity contribution < 1.29 is 9.53 Å². The van der Waals surface area contributed by atoms with E-state index in [2.05, 4.69) is 48.5 Å². The molecule has 0 unspecified atom stereocenters. The summed E-state index contributed by atoms with van der Waals surface area (Å²) in [5.74, 6) is -0.282. The first-order valence-corrected chi connectivity index (χ1v) is 8.45. The van der Waals surface area contributed by atoms with Gasteiger partial charge in [-0.3, -0.25) is 0 Å². The summed E-state index contributed by atoms with van der Waals surface area (Å²) in [5, 5.41) is 0. The second-order valence-electron chi connectivity index (χ2n) is 6.02. The Bertz CT molecular complexity index is 953. The van der Waals surface area contributed by atoms with Gasteiger partial charge in [-0.1, -0.05) is 54.6 Å². The minimum atomic E-state index is -0.282. The van der Waals surface area contributed by atoms with Gasteiger partial charge in [-0.15, -0.1) is 0 Å². The van der Waals surface area contributed by atoms with Crippen molar-refractivity contribution in [2.75, 3.05) is 6.61 Å². The first-order chi connectivity index (χ1) is 12.3. The Morgan fingerprint density at radius 1 is 0.720 bits per heavy atom. The lowest BCUT2D eigenvalue weighted by Gasteiger charge is -1.99. The highest BCUT2D eigenvalue weighted by Crippen LogP contribution is 2.39. The van der Waals surface area contributed by atoms with E-state index in [9.17, 15) is 4.79 Å². The largest absolute Gasteiger partial charge is 0.462 e. The van der Waals surface area contributed by atoms with E-state index in [1.165, 1.54) is 22.3 Å². The third kappa shape index (κ3) is 2.87. The Kier molecular flexibility index (Phi) is 3.95. The van der Waals surface area contributed by atoms with Gasteiger partial charge in [-0.2, -0.15) is 0 Å². The van der Waals surface area contributed by atoms with Crippen molar-refractivity contribution in [2.24, 2.45) is 0 Å². The zero-order chi connectivity index (χ0) is 17.2. The normalized spacial score (nSPS) is 10.9. The molecule has 25 heavy (non-hydrogen) atoms. The first-order valence-electron chi connectivity index (χ1n) is 8.45. The molecule has 0 fully saturated rings. The Hall–Kier alpha value is -3.13. The van der Waals surface area contributed by atoms with Crippen molar-refractivity contribution in [3.8, 4) is 33.4 Å². The van der Waals surface area contributed by atoms with Crippen molar-refractivity contribution in [2.45, 2.75) is 6.92 Å². The van der Waals surface area contributed by atoms with Crippen LogP contribution in [0.2, 0.25) is 0 Å². The molecule has 0 saturated carbocycles. The highest BCUT2D eigenvalue weighted by atomic mass is 16.5. The number of ether oxygens (including phenoxy) is 1. The topological polar surface area (TPSA) is 26.3 Å². The fraction of sp³-hybridized carbons (Fsp3) is 0.0870. The Morgan fingerprint density at radius 2 is 1.36 bits per heavy atom. The van der Waals surface area contributed by atoms with E-state index in [0.29, 0.717) is 12.2 Å². The van der Waals surface area contributed by atoms with Gasteiger partial charge >= 0.3 is 5.97 Å². The van der Waals surface area contributed by atoms with Crippen molar-refractivity contribution in [3.63, 3.8) is 0 Å². The Balaban J connectivity index is 1.77. The van der Waals surface area contributed by atoms with Gasteiger partial charge in [-0.05, 0) is 64.6 Å². The molecule has 0 spiro atoms. The molecule has 0 N–H and O–H groups in total. The summed E-state index contributed by atoms with van der Waals surface area (Å²) in [4.78, 5) is 11.9. The van der Waals surface area contributed by atoms with Crippen LogP contribution in [-0.2, 0) is 4.74 Å². The molecule has 0 atom stereocenters. The molecule has 0 aromatic heterocycles.